The smallest absolute Gasteiger partial charge is 0.0516 e. The minimum absolute atomic E-state index is 0.00537. The first-order chi connectivity index (χ1) is 7.21. The minimum atomic E-state index is -0.00537. The summed E-state index contributed by atoms with van der Waals surface area (Å²) >= 11 is 4.53. The van der Waals surface area contributed by atoms with Crippen molar-refractivity contribution < 1.29 is 0 Å². The topological polar surface area (TPSA) is 0 Å². The van der Waals surface area contributed by atoms with Crippen molar-refractivity contribution in [1.29, 1.82) is 0 Å². The molecule has 0 bridgehead atoms. The maximum Gasteiger partial charge on any atom is 0.0516 e. The highest BCUT2D eigenvalue weighted by Crippen LogP contribution is 2.20. The van der Waals surface area contributed by atoms with Crippen LogP contribution in [0, 0.1) is 0 Å². The predicted molar refractivity (Wildman–Crippen MR) is 74.3 cm³/mol. The van der Waals surface area contributed by atoms with Crippen LogP contribution in [0.25, 0.3) is 0 Å². The zero-order chi connectivity index (χ0) is 11.7. The van der Waals surface area contributed by atoms with Gasteiger partial charge >= 0.3 is 0 Å². The largest absolute Gasteiger partial charge is 0.166 e. The highest BCUT2D eigenvalue weighted by molar-refractivity contribution is 7.81. The third-order valence-corrected chi connectivity index (χ3v) is 2.49. The first kappa shape index (κ1) is 13.8. The van der Waals surface area contributed by atoms with Crippen molar-refractivity contribution in [2.24, 2.45) is 0 Å². The fourth-order valence-electron chi connectivity index (χ4n) is 1.08. The predicted octanol–water partition coefficient (Wildman–Crippen LogP) is 4.27. The van der Waals surface area contributed by atoms with Gasteiger partial charge in [0, 0.05) is 0 Å². The van der Waals surface area contributed by atoms with Crippen LogP contribution in [0.3, 0.4) is 0 Å². The molecule has 80 valence electrons. The lowest BCUT2D eigenvalue weighted by molar-refractivity contribution is 1.24. The van der Waals surface area contributed by atoms with E-state index in [4.69, 9.17) is 0 Å². The Morgan fingerprint density at radius 3 is 2.00 bits per heavy atom. The van der Waals surface area contributed by atoms with Crippen LogP contribution in [0.2, 0.25) is 0 Å². The molecule has 0 rings (SSSR count). The maximum atomic E-state index is 4.53. The summed E-state index contributed by atoms with van der Waals surface area (Å²) in [7, 11) is 0. The van der Waals surface area contributed by atoms with E-state index in [0.29, 0.717) is 0 Å². The summed E-state index contributed by atoms with van der Waals surface area (Å²) in [6.07, 6.45) is 13.1. The van der Waals surface area contributed by atoms with E-state index in [2.05, 4.69) is 32.4 Å². The molecule has 0 fully saturated rings. The summed E-state index contributed by atoms with van der Waals surface area (Å²) in [4.78, 5) is 0. The standard InChI is InChI=1S/C14H18S/c1-5-9-11-13(8-4)14(15)12(7-3)10-6-2/h5-11,14-15H,2-4H2,1H3/b9-5-,12-10+,13-11+. The van der Waals surface area contributed by atoms with Gasteiger partial charge in [-0.1, -0.05) is 62.3 Å². The van der Waals surface area contributed by atoms with Gasteiger partial charge in [0.1, 0.15) is 0 Å². The van der Waals surface area contributed by atoms with Crippen LogP contribution in [0.5, 0.6) is 0 Å². The maximum absolute atomic E-state index is 4.53. The third-order valence-electron chi connectivity index (χ3n) is 1.89. The minimum Gasteiger partial charge on any atom is -0.166 e. The molecule has 0 nitrogen and oxygen atoms in total. The number of hydrogen-bond donors (Lipinski definition) is 1. The Bertz CT molecular complexity index is 316. The molecule has 0 N–H and O–H groups in total. The second-order valence-electron chi connectivity index (χ2n) is 2.91. The Morgan fingerprint density at radius 2 is 1.60 bits per heavy atom. The lowest BCUT2D eigenvalue weighted by atomic mass is 10.0. The fraction of sp³-hybridized carbons (Fsp3) is 0.143. The molecule has 0 aromatic rings. The number of rotatable bonds is 6. The number of thiol groups is 1. The van der Waals surface area contributed by atoms with E-state index < -0.39 is 0 Å². The molecule has 0 aliphatic heterocycles. The van der Waals surface area contributed by atoms with Gasteiger partial charge in [0.15, 0.2) is 0 Å². The van der Waals surface area contributed by atoms with Crippen molar-refractivity contribution in [3.05, 3.63) is 73.4 Å². The molecule has 0 aromatic carbocycles. The second kappa shape index (κ2) is 8.13. The highest BCUT2D eigenvalue weighted by Gasteiger charge is 2.08. The summed E-state index contributed by atoms with van der Waals surface area (Å²) in [5.74, 6) is 0. The van der Waals surface area contributed by atoms with Gasteiger partial charge in [-0.25, -0.2) is 0 Å². The quantitative estimate of drug-likeness (QED) is 0.499. The summed E-state index contributed by atoms with van der Waals surface area (Å²) in [5, 5.41) is -0.00537. The van der Waals surface area contributed by atoms with Crippen LogP contribution >= 0.6 is 12.6 Å². The van der Waals surface area contributed by atoms with Gasteiger partial charge in [0.2, 0.25) is 0 Å². The second-order valence-corrected chi connectivity index (χ2v) is 3.42. The lowest BCUT2D eigenvalue weighted by Crippen LogP contribution is -2.03. The average Bonchev–Trinajstić information content (AvgIpc) is 2.26. The molecular formula is C14H18S. The van der Waals surface area contributed by atoms with E-state index in [-0.39, 0.29) is 5.25 Å². The molecule has 0 aromatic heterocycles. The van der Waals surface area contributed by atoms with Crippen LogP contribution in [-0.4, -0.2) is 5.25 Å². The van der Waals surface area contributed by atoms with E-state index in [1.54, 1.807) is 18.2 Å². The third kappa shape index (κ3) is 4.71. The van der Waals surface area contributed by atoms with Crippen LogP contribution in [-0.2, 0) is 0 Å². The molecule has 0 saturated heterocycles. The Morgan fingerprint density at radius 1 is 1.07 bits per heavy atom. The van der Waals surface area contributed by atoms with Gasteiger partial charge in [-0.05, 0) is 18.1 Å². The van der Waals surface area contributed by atoms with E-state index in [9.17, 15) is 0 Å². The highest BCUT2D eigenvalue weighted by atomic mass is 32.1. The molecule has 0 aliphatic carbocycles. The molecular weight excluding hydrogens is 200 g/mol. The molecule has 1 unspecified atom stereocenters. The van der Waals surface area contributed by atoms with E-state index in [1.165, 1.54) is 0 Å². The summed E-state index contributed by atoms with van der Waals surface area (Å²) in [5.41, 5.74) is 2.06. The van der Waals surface area contributed by atoms with Crippen molar-refractivity contribution in [2.75, 3.05) is 0 Å². The molecule has 0 aliphatic rings. The molecule has 1 heteroatoms. The molecule has 15 heavy (non-hydrogen) atoms. The monoisotopic (exact) mass is 218 g/mol. The van der Waals surface area contributed by atoms with Crippen LogP contribution in [0.1, 0.15) is 6.92 Å². The fourth-order valence-corrected chi connectivity index (χ4v) is 1.46. The Kier molecular flexibility index (Phi) is 7.47. The molecule has 0 radical (unpaired) electrons. The van der Waals surface area contributed by atoms with Gasteiger partial charge in [0.25, 0.3) is 0 Å². The first-order valence-electron chi connectivity index (χ1n) is 4.79. The van der Waals surface area contributed by atoms with Crippen molar-refractivity contribution in [1.82, 2.24) is 0 Å². The number of allylic oxidation sites excluding steroid dienone is 7. The van der Waals surface area contributed by atoms with Gasteiger partial charge in [-0.2, -0.15) is 12.6 Å². The normalized spacial score (nSPS) is 15.1. The van der Waals surface area contributed by atoms with Gasteiger partial charge in [0.05, 0.1) is 5.25 Å². The van der Waals surface area contributed by atoms with Crippen molar-refractivity contribution in [3.63, 3.8) is 0 Å². The zero-order valence-corrected chi connectivity index (χ0v) is 10.1. The van der Waals surface area contributed by atoms with Gasteiger partial charge in [-0.3, -0.25) is 0 Å². The van der Waals surface area contributed by atoms with Crippen molar-refractivity contribution >= 4 is 12.6 Å². The van der Waals surface area contributed by atoms with Gasteiger partial charge in [-0.15, -0.1) is 0 Å². The summed E-state index contributed by atoms with van der Waals surface area (Å²) < 4.78 is 0. The van der Waals surface area contributed by atoms with Crippen molar-refractivity contribution in [3.8, 4) is 0 Å². The Balaban J connectivity index is 5.00. The molecule has 0 heterocycles. The number of hydrogen-bond acceptors (Lipinski definition) is 1. The van der Waals surface area contributed by atoms with E-state index >= 15 is 0 Å². The summed E-state index contributed by atoms with van der Waals surface area (Å²) in [6, 6.07) is 0. The van der Waals surface area contributed by atoms with E-state index in [0.717, 1.165) is 11.1 Å². The van der Waals surface area contributed by atoms with E-state index in [1.807, 2.05) is 31.2 Å². The SMILES string of the molecule is C=C/C=C(\C=C)C(S)/C(C=C)=C/C=C\C. The first-order valence-corrected chi connectivity index (χ1v) is 5.31. The lowest BCUT2D eigenvalue weighted by Gasteiger charge is -2.12. The zero-order valence-electron chi connectivity index (χ0n) is 9.19. The molecule has 1 atom stereocenters. The molecule has 0 amide bonds. The average molecular weight is 218 g/mol. The Labute approximate surface area is 98.5 Å². The van der Waals surface area contributed by atoms with Crippen LogP contribution in [0.4, 0.5) is 0 Å². The van der Waals surface area contributed by atoms with Crippen molar-refractivity contribution in [2.45, 2.75) is 12.2 Å². The van der Waals surface area contributed by atoms with Crippen LogP contribution in [0.15, 0.2) is 73.4 Å². The molecule has 0 spiro atoms. The van der Waals surface area contributed by atoms with Gasteiger partial charge < -0.3 is 0 Å². The summed E-state index contributed by atoms with van der Waals surface area (Å²) in [6.45, 7) is 13.2. The molecule has 0 saturated carbocycles. The Hall–Kier alpha value is -1.21. The van der Waals surface area contributed by atoms with Crippen LogP contribution < -0.4 is 0 Å².